The number of hydrogen-bond donors (Lipinski definition) is 1. The molecule has 1 spiro atoms. The summed E-state index contributed by atoms with van der Waals surface area (Å²) < 4.78 is 0. The van der Waals surface area contributed by atoms with Gasteiger partial charge in [0.15, 0.2) is 0 Å². The van der Waals surface area contributed by atoms with Crippen LogP contribution in [0.5, 0.6) is 0 Å². The summed E-state index contributed by atoms with van der Waals surface area (Å²) in [5.41, 5.74) is 0.464. The number of nitrogens with one attached hydrogen (secondary N) is 1. The first-order chi connectivity index (χ1) is 8.26. The molecule has 2 saturated heterocycles. The average Bonchev–Trinajstić information content (AvgIpc) is 2.74. The molecule has 2 rings (SSSR count). The van der Waals surface area contributed by atoms with Gasteiger partial charge in [0.1, 0.15) is 0 Å². The van der Waals surface area contributed by atoms with Gasteiger partial charge in [0.2, 0.25) is 5.91 Å². The predicted molar refractivity (Wildman–Crippen MR) is 69.9 cm³/mol. The number of nitrogens with zero attached hydrogens (tertiary/aromatic N) is 1. The molecule has 0 aromatic carbocycles. The van der Waals surface area contributed by atoms with Gasteiger partial charge in [-0.3, -0.25) is 4.79 Å². The smallest absolute Gasteiger partial charge is 0.222 e. The number of piperidine rings is 1. The van der Waals surface area contributed by atoms with Crippen molar-refractivity contribution >= 4 is 5.91 Å². The van der Waals surface area contributed by atoms with Crippen LogP contribution in [0.1, 0.15) is 51.9 Å². The van der Waals surface area contributed by atoms with Gasteiger partial charge in [-0.05, 0) is 44.2 Å². The minimum absolute atomic E-state index is 0.397. The van der Waals surface area contributed by atoms with Gasteiger partial charge < -0.3 is 10.2 Å². The molecule has 0 saturated carbocycles. The number of carbonyl (C=O) groups is 1. The van der Waals surface area contributed by atoms with Crippen LogP contribution < -0.4 is 5.32 Å². The lowest BCUT2D eigenvalue weighted by atomic mass is 9.78. The quantitative estimate of drug-likeness (QED) is 0.761. The third kappa shape index (κ3) is 3.21. The molecule has 0 radical (unpaired) electrons. The van der Waals surface area contributed by atoms with E-state index >= 15 is 0 Å². The van der Waals surface area contributed by atoms with E-state index in [0.717, 1.165) is 39.0 Å². The predicted octanol–water partition coefficient (Wildman–Crippen LogP) is 2.17. The van der Waals surface area contributed by atoms with E-state index in [1.165, 1.54) is 32.1 Å². The average molecular weight is 238 g/mol. The largest absolute Gasteiger partial charge is 0.342 e. The standard InChI is InChI=1S/C14H26N2O/c1-2-3-4-5-13(17)16-11-8-14(12-16)6-9-15-10-7-14/h15H,2-12H2,1H3. The van der Waals surface area contributed by atoms with Crippen LogP contribution >= 0.6 is 0 Å². The van der Waals surface area contributed by atoms with E-state index in [9.17, 15) is 4.79 Å². The van der Waals surface area contributed by atoms with Gasteiger partial charge in [-0.25, -0.2) is 0 Å². The van der Waals surface area contributed by atoms with E-state index in [4.69, 9.17) is 0 Å². The molecule has 0 atom stereocenters. The van der Waals surface area contributed by atoms with E-state index in [1.807, 2.05) is 0 Å². The molecular formula is C14H26N2O. The second-order valence-electron chi connectivity index (χ2n) is 5.77. The summed E-state index contributed by atoms with van der Waals surface area (Å²) in [6.07, 6.45) is 7.96. The highest BCUT2D eigenvalue weighted by molar-refractivity contribution is 5.76. The molecule has 2 aliphatic rings. The Kier molecular flexibility index (Phi) is 4.43. The number of likely N-dealkylation sites (tertiary alicyclic amines) is 1. The Morgan fingerprint density at radius 3 is 2.71 bits per heavy atom. The zero-order valence-electron chi connectivity index (χ0n) is 11.1. The van der Waals surface area contributed by atoms with Crippen LogP contribution in [0.4, 0.5) is 0 Å². The first-order valence-electron chi connectivity index (χ1n) is 7.24. The zero-order chi connectivity index (χ0) is 12.1. The fourth-order valence-electron chi connectivity index (χ4n) is 3.20. The van der Waals surface area contributed by atoms with Crippen molar-refractivity contribution in [1.82, 2.24) is 10.2 Å². The van der Waals surface area contributed by atoms with Crippen LogP contribution in [0.25, 0.3) is 0 Å². The Bertz CT molecular complexity index is 259. The summed E-state index contributed by atoms with van der Waals surface area (Å²) in [4.78, 5) is 14.2. The second kappa shape index (κ2) is 5.85. The molecule has 0 bridgehead atoms. The molecule has 0 aromatic heterocycles. The van der Waals surface area contributed by atoms with E-state index in [2.05, 4.69) is 17.1 Å². The normalized spacial score (nSPS) is 23.2. The highest BCUT2D eigenvalue weighted by Gasteiger charge is 2.40. The third-order valence-electron chi connectivity index (χ3n) is 4.45. The van der Waals surface area contributed by atoms with Crippen molar-refractivity contribution < 1.29 is 4.79 Å². The Hall–Kier alpha value is -0.570. The lowest BCUT2D eigenvalue weighted by Gasteiger charge is -2.33. The van der Waals surface area contributed by atoms with E-state index in [-0.39, 0.29) is 0 Å². The summed E-state index contributed by atoms with van der Waals surface area (Å²) in [7, 11) is 0. The highest BCUT2D eigenvalue weighted by Crippen LogP contribution is 2.38. The summed E-state index contributed by atoms with van der Waals surface area (Å²) in [6, 6.07) is 0. The van der Waals surface area contributed by atoms with E-state index in [1.54, 1.807) is 0 Å². The van der Waals surface area contributed by atoms with Crippen molar-refractivity contribution in [3.05, 3.63) is 0 Å². The molecule has 17 heavy (non-hydrogen) atoms. The molecular weight excluding hydrogens is 212 g/mol. The molecule has 3 nitrogen and oxygen atoms in total. The maximum atomic E-state index is 12.1. The van der Waals surface area contributed by atoms with Crippen LogP contribution in [0.2, 0.25) is 0 Å². The third-order valence-corrected chi connectivity index (χ3v) is 4.45. The van der Waals surface area contributed by atoms with Gasteiger partial charge in [-0.15, -0.1) is 0 Å². The van der Waals surface area contributed by atoms with Crippen LogP contribution in [-0.4, -0.2) is 37.0 Å². The molecule has 3 heteroatoms. The van der Waals surface area contributed by atoms with Crippen molar-refractivity contribution in [3.63, 3.8) is 0 Å². The lowest BCUT2D eigenvalue weighted by Crippen LogP contribution is -2.39. The Labute approximate surface area is 105 Å². The van der Waals surface area contributed by atoms with Crippen molar-refractivity contribution in [2.24, 2.45) is 5.41 Å². The minimum atomic E-state index is 0.397. The van der Waals surface area contributed by atoms with Crippen molar-refractivity contribution in [3.8, 4) is 0 Å². The summed E-state index contributed by atoms with van der Waals surface area (Å²) in [6.45, 7) is 6.49. The number of hydrogen-bond acceptors (Lipinski definition) is 2. The van der Waals surface area contributed by atoms with Crippen molar-refractivity contribution in [2.75, 3.05) is 26.2 Å². The second-order valence-corrected chi connectivity index (χ2v) is 5.77. The molecule has 0 unspecified atom stereocenters. The summed E-state index contributed by atoms with van der Waals surface area (Å²) in [5.74, 6) is 0.397. The number of rotatable bonds is 4. The molecule has 98 valence electrons. The maximum absolute atomic E-state index is 12.1. The van der Waals surface area contributed by atoms with E-state index in [0.29, 0.717) is 11.3 Å². The first-order valence-corrected chi connectivity index (χ1v) is 7.24. The lowest BCUT2D eigenvalue weighted by molar-refractivity contribution is -0.130. The molecule has 2 heterocycles. The van der Waals surface area contributed by atoms with Gasteiger partial charge in [-0.2, -0.15) is 0 Å². The molecule has 0 aliphatic carbocycles. The van der Waals surface area contributed by atoms with Gasteiger partial charge in [-0.1, -0.05) is 19.8 Å². The number of amides is 1. The first kappa shape index (κ1) is 12.9. The molecule has 0 aromatic rings. The van der Waals surface area contributed by atoms with E-state index < -0.39 is 0 Å². The van der Waals surface area contributed by atoms with Gasteiger partial charge >= 0.3 is 0 Å². The van der Waals surface area contributed by atoms with Gasteiger partial charge in [0.05, 0.1) is 0 Å². The molecule has 2 fully saturated rings. The fourth-order valence-corrected chi connectivity index (χ4v) is 3.20. The Balaban J connectivity index is 1.78. The summed E-state index contributed by atoms with van der Waals surface area (Å²) in [5, 5.41) is 3.42. The monoisotopic (exact) mass is 238 g/mol. The van der Waals surface area contributed by atoms with Crippen LogP contribution in [0.15, 0.2) is 0 Å². The van der Waals surface area contributed by atoms with Crippen LogP contribution in [0, 0.1) is 5.41 Å². The zero-order valence-corrected chi connectivity index (χ0v) is 11.1. The number of unbranched alkanes of at least 4 members (excludes halogenated alkanes) is 2. The maximum Gasteiger partial charge on any atom is 0.222 e. The minimum Gasteiger partial charge on any atom is -0.342 e. The molecule has 2 aliphatic heterocycles. The Morgan fingerprint density at radius 1 is 1.24 bits per heavy atom. The van der Waals surface area contributed by atoms with Gasteiger partial charge in [0, 0.05) is 19.5 Å². The fraction of sp³-hybridized carbons (Fsp3) is 0.929. The summed E-state index contributed by atoms with van der Waals surface area (Å²) >= 11 is 0. The van der Waals surface area contributed by atoms with Crippen molar-refractivity contribution in [2.45, 2.75) is 51.9 Å². The Morgan fingerprint density at radius 2 is 2.00 bits per heavy atom. The highest BCUT2D eigenvalue weighted by atomic mass is 16.2. The number of carbonyl (C=O) groups excluding carboxylic acids is 1. The van der Waals surface area contributed by atoms with Crippen LogP contribution in [0.3, 0.4) is 0 Å². The SMILES string of the molecule is CCCCCC(=O)N1CCC2(CCNCC2)C1. The topological polar surface area (TPSA) is 32.3 Å². The van der Waals surface area contributed by atoms with Crippen LogP contribution in [-0.2, 0) is 4.79 Å². The molecule has 1 amide bonds. The molecule has 1 N–H and O–H groups in total. The van der Waals surface area contributed by atoms with Gasteiger partial charge in [0.25, 0.3) is 0 Å². The van der Waals surface area contributed by atoms with Crippen molar-refractivity contribution in [1.29, 1.82) is 0 Å².